The predicted octanol–water partition coefficient (Wildman–Crippen LogP) is 1.73. The van der Waals surface area contributed by atoms with Crippen LogP contribution in [0.2, 0.25) is 5.02 Å². The number of piperazine rings is 1. The van der Waals surface area contributed by atoms with Gasteiger partial charge in [0.15, 0.2) is 9.84 Å². The molecule has 2 aliphatic rings. The molecule has 126 valence electrons. The summed E-state index contributed by atoms with van der Waals surface area (Å²) in [5, 5.41) is 0.709. The highest BCUT2D eigenvalue weighted by molar-refractivity contribution is 7.91. The van der Waals surface area contributed by atoms with Gasteiger partial charge in [0.05, 0.1) is 17.4 Å². The van der Waals surface area contributed by atoms with E-state index in [1.54, 1.807) is 0 Å². The fourth-order valence-corrected chi connectivity index (χ4v) is 5.24. The first-order valence-electron chi connectivity index (χ1n) is 7.86. The Kier molecular flexibility index (Phi) is 4.56. The smallest absolute Gasteiger partial charge is 0.226 e. The summed E-state index contributed by atoms with van der Waals surface area (Å²) in [6, 6.07) is 5.83. The molecule has 0 aliphatic carbocycles. The molecule has 2 saturated heterocycles. The van der Waals surface area contributed by atoms with E-state index in [0.717, 1.165) is 24.3 Å². The van der Waals surface area contributed by atoms with Crippen LogP contribution in [0.5, 0.6) is 0 Å². The van der Waals surface area contributed by atoms with Crippen molar-refractivity contribution >= 4 is 33.0 Å². The van der Waals surface area contributed by atoms with Crippen LogP contribution in [-0.4, -0.2) is 56.9 Å². The van der Waals surface area contributed by atoms with Crippen LogP contribution in [0.25, 0.3) is 0 Å². The van der Waals surface area contributed by atoms with Crippen molar-refractivity contribution in [2.45, 2.75) is 13.3 Å². The van der Waals surface area contributed by atoms with Crippen LogP contribution in [0, 0.1) is 12.8 Å². The third-order valence-electron chi connectivity index (χ3n) is 4.68. The molecule has 0 bridgehead atoms. The maximum Gasteiger partial charge on any atom is 0.226 e. The monoisotopic (exact) mass is 356 g/mol. The molecule has 0 aromatic heterocycles. The van der Waals surface area contributed by atoms with Crippen LogP contribution >= 0.6 is 11.6 Å². The minimum absolute atomic E-state index is 0.00598. The minimum atomic E-state index is -3.02. The molecule has 5 nitrogen and oxygen atoms in total. The lowest BCUT2D eigenvalue weighted by Crippen LogP contribution is -2.50. The van der Waals surface area contributed by atoms with Crippen LogP contribution in [0.3, 0.4) is 0 Å². The van der Waals surface area contributed by atoms with Gasteiger partial charge < -0.3 is 9.80 Å². The van der Waals surface area contributed by atoms with Gasteiger partial charge in [-0.1, -0.05) is 17.7 Å². The topological polar surface area (TPSA) is 57.7 Å². The van der Waals surface area contributed by atoms with Crippen molar-refractivity contribution < 1.29 is 13.2 Å². The molecule has 7 heteroatoms. The first-order chi connectivity index (χ1) is 10.9. The average Bonchev–Trinajstić information content (AvgIpc) is 2.89. The van der Waals surface area contributed by atoms with Crippen molar-refractivity contribution in [2.24, 2.45) is 5.92 Å². The Morgan fingerprint density at radius 3 is 2.52 bits per heavy atom. The largest absolute Gasteiger partial charge is 0.368 e. The fraction of sp³-hybridized carbons (Fsp3) is 0.562. The quantitative estimate of drug-likeness (QED) is 0.809. The third-order valence-corrected chi connectivity index (χ3v) is 6.69. The first kappa shape index (κ1) is 16.6. The van der Waals surface area contributed by atoms with Gasteiger partial charge in [-0.15, -0.1) is 0 Å². The Labute approximate surface area is 142 Å². The SMILES string of the molecule is Cc1ccc(Cl)cc1N1CCN(C(=O)[C@@H]2CCS(=O)(=O)C2)CC1. The van der Waals surface area contributed by atoms with Crippen molar-refractivity contribution in [2.75, 3.05) is 42.6 Å². The number of rotatable bonds is 2. The molecule has 3 rings (SSSR count). The molecule has 2 aliphatic heterocycles. The summed E-state index contributed by atoms with van der Waals surface area (Å²) in [5.74, 6) is -0.196. The lowest BCUT2D eigenvalue weighted by molar-refractivity contribution is -0.135. The van der Waals surface area contributed by atoms with Crippen LogP contribution in [0.1, 0.15) is 12.0 Å². The van der Waals surface area contributed by atoms with Crippen molar-refractivity contribution in [1.82, 2.24) is 4.90 Å². The van der Waals surface area contributed by atoms with E-state index in [4.69, 9.17) is 11.6 Å². The van der Waals surface area contributed by atoms with Crippen molar-refractivity contribution in [3.8, 4) is 0 Å². The van der Waals surface area contributed by atoms with Gasteiger partial charge in [0.25, 0.3) is 0 Å². The van der Waals surface area contributed by atoms with E-state index in [9.17, 15) is 13.2 Å². The number of carbonyl (C=O) groups excluding carboxylic acids is 1. The average molecular weight is 357 g/mol. The standard InChI is InChI=1S/C16H21ClN2O3S/c1-12-2-3-14(17)10-15(12)18-5-7-19(8-6-18)16(20)13-4-9-23(21,22)11-13/h2-3,10,13H,4-9,11H2,1H3/t13-/m1/s1. The molecular formula is C16H21ClN2O3S. The Morgan fingerprint density at radius 1 is 1.22 bits per heavy atom. The van der Waals surface area contributed by atoms with Gasteiger partial charge in [0.2, 0.25) is 5.91 Å². The zero-order valence-electron chi connectivity index (χ0n) is 13.2. The van der Waals surface area contributed by atoms with Gasteiger partial charge in [-0.2, -0.15) is 0 Å². The minimum Gasteiger partial charge on any atom is -0.368 e. The van der Waals surface area contributed by atoms with E-state index < -0.39 is 9.84 Å². The molecular weight excluding hydrogens is 336 g/mol. The maximum atomic E-state index is 12.5. The Morgan fingerprint density at radius 2 is 1.91 bits per heavy atom. The summed E-state index contributed by atoms with van der Waals surface area (Å²) in [4.78, 5) is 16.5. The maximum absolute atomic E-state index is 12.5. The second kappa shape index (κ2) is 6.32. The van der Waals surface area contributed by atoms with Gasteiger partial charge in [-0.3, -0.25) is 4.79 Å². The normalized spacial score (nSPS) is 24.0. The Bertz CT molecular complexity index is 712. The van der Waals surface area contributed by atoms with Gasteiger partial charge in [0, 0.05) is 36.9 Å². The highest BCUT2D eigenvalue weighted by atomic mass is 35.5. The van der Waals surface area contributed by atoms with E-state index >= 15 is 0 Å². The lowest BCUT2D eigenvalue weighted by atomic mass is 10.1. The number of anilines is 1. The van der Waals surface area contributed by atoms with E-state index in [1.165, 1.54) is 0 Å². The first-order valence-corrected chi connectivity index (χ1v) is 10.1. The molecule has 1 aromatic carbocycles. The Balaban J connectivity index is 1.62. The number of halogens is 1. The number of sulfone groups is 1. The van der Waals surface area contributed by atoms with E-state index in [0.29, 0.717) is 24.5 Å². The molecule has 0 saturated carbocycles. The van der Waals surface area contributed by atoms with Crippen LogP contribution < -0.4 is 4.90 Å². The van der Waals surface area contributed by atoms with Gasteiger partial charge in [-0.25, -0.2) is 8.42 Å². The van der Waals surface area contributed by atoms with Gasteiger partial charge >= 0.3 is 0 Å². The molecule has 0 unspecified atom stereocenters. The lowest BCUT2D eigenvalue weighted by Gasteiger charge is -2.37. The summed E-state index contributed by atoms with van der Waals surface area (Å²) in [5.41, 5.74) is 2.27. The number of amides is 1. The summed E-state index contributed by atoms with van der Waals surface area (Å²) < 4.78 is 23.1. The number of carbonyl (C=O) groups is 1. The summed E-state index contributed by atoms with van der Waals surface area (Å²) in [7, 11) is -3.02. The zero-order valence-corrected chi connectivity index (χ0v) is 14.7. The highest BCUT2D eigenvalue weighted by Gasteiger charge is 2.36. The van der Waals surface area contributed by atoms with Crippen LogP contribution in [0.4, 0.5) is 5.69 Å². The predicted molar refractivity (Wildman–Crippen MR) is 91.7 cm³/mol. The van der Waals surface area contributed by atoms with Gasteiger partial charge in [0.1, 0.15) is 0 Å². The molecule has 1 amide bonds. The number of benzene rings is 1. The fourth-order valence-electron chi connectivity index (χ4n) is 3.34. The molecule has 2 heterocycles. The molecule has 2 fully saturated rings. The molecule has 0 spiro atoms. The second-order valence-electron chi connectivity index (χ2n) is 6.34. The molecule has 0 N–H and O–H groups in total. The van der Waals surface area contributed by atoms with Crippen molar-refractivity contribution in [1.29, 1.82) is 0 Å². The molecule has 1 atom stereocenters. The Hall–Kier alpha value is -1.27. The van der Waals surface area contributed by atoms with Crippen LogP contribution in [-0.2, 0) is 14.6 Å². The van der Waals surface area contributed by atoms with E-state index in [1.807, 2.05) is 30.0 Å². The van der Waals surface area contributed by atoms with Crippen molar-refractivity contribution in [3.63, 3.8) is 0 Å². The highest BCUT2D eigenvalue weighted by Crippen LogP contribution is 2.26. The summed E-state index contributed by atoms with van der Waals surface area (Å²) >= 11 is 6.08. The number of nitrogens with zero attached hydrogens (tertiary/aromatic N) is 2. The molecule has 1 aromatic rings. The van der Waals surface area contributed by atoms with Gasteiger partial charge in [-0.05, 0) is 31.0 Å². The number of aryl methyl sites for hydroxylation is 1. The summed E-state index contributed by atoms with van der Waals surface area (Å²) in [6.45, 7) is 4.79. The van der Waals surface area contributed by atoms with E-state index in [-0.39, 0.29) is 23.3 Å². The van der Waals surface area contributed by atoms with Crippen LogP contribution in [0.15, 0.2) is 18.2 Å². The zero-order chi connectivity index (χ0) is 16.6. The number of hydrogen-bond donors (Lipinski definition) is 0. The third kappa shape index (κ3) is 3.63. The second-order valence-corrected chi connectivity index (χ2v) is 9.01. The number of hydrogen-bond acceptors (Lipinski definition) is 4. The summed E-state index contributed by atoms with van der Waals surface area (Å²) in [6.07, 6.45) is 0.467. The molecule has 0 radical (unpaired) electrons. The molecule has 23 heavy (non-hydrogen) atoms. The van der Waals surface area contributed by atoms with Crippen molar-refractivity contribution in [3.05, 3.63) is 28.8 Å². The van der Waals surface area contributed by atoms with E-state index in [2.05, 4.69) is 4.90 Å².